The lowest BCUT2D eigenvalue weighted by Gasteiger charge is -2.34. The molecule has 3 amide bonds. The Hall–Kier alpha value is -4.49. The number of amides is 3. The predicted octanol–water partition coefficient (Wildman–Crippen LogP) is 3.84. The third-order valence-corrected chi connectivity index (χ3v) is 9.32. The van der Waals surface area contributed by atoms with Crippen molar-refractivity contribution in [3.63, 3.8) is 0 Å². The summed E-state index contributed by atoms with van der Waals surface area (Å²) in [6.45, 7) is 5.91. The fraction of sp³-hybridized carbons (Fsp3) is 0.375. The number of ether oxygens (including phenoxy) is 3. The van der Waals surface area contributed by atoms with E-state index in [9.17, 15) is 23.1 Å². The molecule has 0 saturated heterocycles. The van der Waals surface area contributed by atoms with Crippen LogP contribution in [0, 0.1) is 12.8 Å². The summed E-state index contributed by atoms with van der Waals surface area (Å²) in [5.41, 5.74) is 2.23. The zero-order valence-corrected chi connectivity index (χ0v) is 26.5. The number of carbonyl (C=O) groups is 2. The first-order valence-electron chi connectivity index (χ1n) is 14.6. The van der Waals surface area contributed by atoms with Crippen molar-refractivity contribution < 1.29 is 37.3 Å². The van der Waals surface area contributed by atoms with Crippen LogP contribution >= 0.6 is 0 Å². The molecular formula is C32H38N4O8S. The quantitative estimate of drug-likeness (QED) is 0.337. The molecule has 5 rings (SSSR count). The van der Waals surface area contributed by atoms with Gasteiger partial charge in [0.2, 0.25) is 12.7 Å². The number of rotatable bonds is 8. The van der Waals surface area contributed by atoms with Crippen LogP contribution in [-0.2, 0) is 21.2 Å². The van der Waals surface area contributed by atoms with Gasteiger partial charge in [-0.25, -0.2) is 13.2 Å². The Bertz CT molecular complexity index is 1660. The molecule has 2 aliphatic heterocycles. The maximum Gasteiger partial charge on any atom is 0.321 e. The van der Waals surface area contributed by atoms with Crippen molar-refractivity contribution in [1.29, 1.82) is 0 Å². The number of sulfonamides is 1. The van der Waals surface area contributed by atoms with Crippen molar-refractivity contribution in [2.45, 2.75) is 44.2 Å². The van der Waals surface area contributed by atoms with Gasteiger partial charge in [0.25, 0.3) is 10.0 Å². The minimum absolute atomic E-state index is 0.0698. The Balaban J connectivity index is 1.38. The van der Waals surface area contributed by atoms with E-state index in [2.05, 4.69) is 10.0 Å². The molecule has 240 valence electrons. The van der Waals surface area contributed by atoms with E-state index in [0.717, 1.165) is 5.56 Å². The highest BCUT2D eigenvalue weighted by atomic mass is 32.2. The number of urea groups is 1. The average molecular weight is 639 g/mol. The zero-order valence-electron chi connectivity index (χ0n) is 25.6. The number of aryl methyl sites for hydroxylation is 1. The standard InChI is InChI=1S/C32H38N4O8S/c1-20-5-9-26(10-6-20)45(40,41)34-25-8-11-27-23(13-25)14-31(38)36(22(3)18-37)16-21(2)30(44-27)17-35(4)32(39)33-24-7-12-28-29(15-24)43-19-42-28/h5-13,15,21-22,30,34,37H,14,16-19H2,1-4H3,(H,33,39)/t21-,22+,30+/m0/s1. The molecule has 0 aliphatic carbocycles. The van der Waals surface area contributed by atoms with Crippen molar-refractivity contribution >= 4 is 33.3 Å². The molecule has 0 unspecified atom stereocenters. The molecule has 13 heteroatoms. The van der Waals surface area contributed by atoms with Gasteiger partial charge in [0, 0.05) is 42.5 Å². The van der Waals surface area contributed by atoms with E-state index in [1.165, 1.54) is 17.0 Å². The molecule has 0 aromatic heterocycles. The fourth-order valence-corrected chi connectivity index (χ4v) is 6.24. The van der Waals surface area contributed by atoms with Crippen molar-refractivity contribution in [3.8, 4) is 17.2 Å². The van der Waals surface area contributed by atoms with Crippen LogP contribution in [0.1, 0.15) is 25.0 Å². The Labute approximate surface area is 262 Å². The second-order valence-electron chi connectivity index (χ2n) is 11.5. The number of aliphatic hydroxyl groups excluding tert-OH is 1. The third kappa shape index (κ3) is 7.43. The Morgan fingerprint density at radius 2 is 1.73 bits per heavy atom. The number of aliphatic hydroxyl groups is 1. The number of nitrogens with one attached hydrogen (secondary N) is 2. The minimum Gasteiger partial charge on any atom is -0.488 e. The van der Waals surface area contributed by atoms with E-state index in [1.54, 1.807) is 67.4 Å². The van der Waals surface area contributed by atoms with Crippen LogP contribution in [0.3, 0.4) is 0 Å². The predicted molar refractivity (Wildman–Crippen MR) is 168 cm³/mol. The molecule has 45 heavy (non-hydrogen) atoms. The van der Waals surface area contributed by atoms with E-state index < -0.39 is 22.2 Å². The number of anilines is 2. The van der Waals surface area contributed by atoms with Crippen molar-refractivity contribution in [3.05, 3.63) is 71.8 Å². The molecule has 3 N–H and O–H groups in total. The van der Waals surface area contributed by atoms with Crippen LogP contribution in [0.15, 0.2) is 65.6 Å². The number of hydrogen-bond acceptors (Lipinski definition) is 8. The normalized spacial score (nSPS) is 18.5. The van der Waals surface area contributed by atoms with Gasteiger partial charge in [0.1, 0.15) is 11.9 Å². The maximum absolute atomic E-state index is 13.5. The first-order chi connectivity index (χ1) is 21.4. The molecule has 0 spiro atoms. The molecular weight excluding hydrogens is 600 g/mol. The number of carbonyl (C=O) groups excluding carboxylic acids is 2. The molecule has 2 aliphatic rings. The molecule has 3 aromatic rings. The van der Waals surface area contributed by atoms with E-state index in [1.807, 2.05) is 13.8 Å². The Kier molecular flexibility index (Phi) is 9.40. The summed E-state index contributed by atoms with van der Waals surface area (Å²) >= 11 is 0. The zero-order chi connectivity index (χ0) is 32.3. The highest BCUT2D eigenvalue weighted by Gasteiger charge is 2.32. The van der Waals surface area contributed by atoms with Gasteiger partial charge in [-0.05, 0) is 56.3 Å². The highest BCUT2D eigenvalue weighted by molar-refractivity contribution is 7.92. The van der Waals surface area contributed by atoms with Crippen LogP contribution in [-0.4, -0.2) is 80.9 Å². The molecule has 3 atom stereocenters. The van der Waals surface area contributed by atoms with Gasteiger partial charge in [0.15, 0.2) is 11.5 Å². The minimum atomic E-state index is -3.88. The number of nitrogens with zero attached hydrogens (tertiary/aromatic N) is 2. The number of benzene rings is 3. The van der Waals surface area contributed by atoms with Gasteiger partial charge in [-0.15, -0.1) is 0 Å². The lowest BCUT2D eigenvalue weighted by Crippen LogP contribution is -2.48. The molecule has 12 nitrogen and oxygen atoms in total. The Morgan fingerprint density at radius 3 is 2.47 bits per heavy atom. The van der Waals surface area contributed by atoms with Crippen molar-refractivity contribution in [1.82, 2.24) is 9.80 Å². The largest absolute Gasteiger partial charge is 0.488 e. The summed E-state index contributed by atoms with van der Waals surface area (Å²) in [4.78, 5) is 29.9. The van der Waals surface area contributed by atoms with Crippen molar-refractivity contribution in [2.75, 3.05) is 43.6 Å². The van der Waals surface area contributed by atoms with Crippen LogP contribution in [0.4, 0.5) is 16.2 Å². The Morgan fingerprint density at radius 1 is 1.04 bits per heavy atom. The van der Waals surface area contributed by atoms with Crippen LogP contribution in [0.25, 0.3) is 0 Å². The van der Waals surface area contributed by atoms with Gasteiger partial charge in [0.05, 0.1) is 30.5 Å². The lowest BCUT2D eigenvalue weighted by atomic mass is 10.0. The summed E-state index contributed by atoms with van der Waals surface area (Å²) in [5.74, 6) is 1.08. The van der Waals surface area contributed by atoms with Gasteiger partial charge in [-0.2, -0.15) is 0 Å². The smallest absolute Gasteiger partial charge is 0.321 e. The van der Waals surface area contributed by atoms with E-state index in [0.29, 0.717) is 28.5 Å². The summed E-state index contributed by atoms with van der Waals surface area (Å²) in [6, 6.07) is 15.6. The van der Waals surface area contributed by atoms with Gasteiger partial charge < -0.3 is 34.4 Å². The van der Waals surface area contributed by atoms with E-state index in [4.69, 9.17) is 14.2 Å². The summed E-state index contributed by atoms with van der Waals surface area (Å²) < 4.78 is 45.9. The maximum atomic E-state index is 13.5. The van der Waals surface area contributed by atoms with Crippen molar-refractivity contribution in [2.24, 2.45) is 5.92 Å². The second kappa shape index (κ2) is 13.2. The highest BCUT2D eigenvalue weighted by Crippen LogP contribution is 2.34. The molecule has 2 heterocycles. The lowest BCUT2D eigenvalue weighted by molar-refractivity contribution is -0.134. The van der Waals surface area contributed by atoms with Crippen LogP contribution in [0.5, 0.6) is 17.2 Å². The third-order valence-electron chi connectivity index (χ3n) is 7.92. The molecule has 3 aromatic carbocycles. The van der Waals surface area contributed by atoms with Gasteiger partial charge >= 0.3 is 6.03 Å². The van der Waals surface area contributed by atoms with E-state index in [-0.39, 0.29) is 61.3 Å². The number of likely N-dealkylation sites (N-methyl/N-ethyl adjacent to an activating group) is 1. The second-order valence-corrected chi connectivity index (χ2v) is 13.2. The molecule has 0 saturated carbocycles. The summed E-state index contributed by atoms with van der Waals surface area (Å²) in [6.07, 6.45) is -0.620. The first-order valence-corrected chi connectivity index (χ1v) is 16.1. The average Bonchev–Trinajstić information content (AvgIpc) is 3.48. The van der Waals surface area contributed by atoms with Gasteiger partial charge in [-0.3, -0.25) is 9.52 Å². The SMILES string of the molecule is Cc1ccc(S(=O)(=O)Nc2ccc3c(c2)CC(=O)N([C@H](C)CO)C[C@H](C)[C@@H](CN(C)C(=O)Nc2ccc4c(c2)OCO4)O3)cc1. The number of fused-ring (bicyclic) bond motifs is 2. The molecule has 0 bridgehead atoms. The topological polar surface area (TPSA) is 147 Å². The first kappa shape index (κ1) is 31.9. The summed E-state index contributed by atoms with van der Waals surface area (Å²) in [5, 5.41) is 12.8. The van der Waals surface area contributed by atoms with Crippen LogP contribution < -0.4 is 24.2 Å². The monoisotopic (exact) mass is 638 g/mol. The summed E-state index contributed by atoms with van der Waals surface area (Å²) in [7, 11) is -2.23. The van der Waals surface area contributed by atoms with Gasteiger partial charge in [-0.1, -0.05) is 24.6 Å². The molecule has 0 radical (unpaired) electrons. The molecule has 0 fully saturated rings. The van der Waals surface area contributed by atoms with E-state index >= 15 is 0 Å². The number of hydrogen-bond donors (Lipinski definition) is 3. The van der Waals surface area contributed by atoms with Crippen LogP contribution in [0.2, 0.25) is 0 Å². The fourth-order valence-electron chi connectivity index (χ4n) is 5.19.